The van der Waals surface area contributed by atoms with Crippen LogP contribution in [0.4, 0.5) is 13.2 Å². The van der Waals surface area contributed by atoms with Crippen LogP contribution in [0.3, 0.4) is 0 Å². The van der Waals surface area contributed by atoms with Gasteiger partial charge in [-0.3, -0.25) is 0 Å². The quantitative estimate of drug-likeness (QED) is 0.598. The van der Waals surface area contributed by atoms with Crippen molar-refractivity contribution < 1.29 is 17.9 Å². The first-order valence-corrected chi connectivity index (χ1v) is 6.37. The van der Waals surface area contributed by atoms with Gasteiger partial charge in [-0.25, -0.2) is 0 Å². The summed E-state index contributed by atoms with van der Waals surface area (Å²) in [6.07, 6.45) is -0.0337. The number of rotatable bonds is 7. The van der Waals surface area contributed by atoms with E-state index < -0.39 is 6.36 Å². The van der Waals surface area contributed by atoms with E-state index in [9.17, 15) is 13.2 Å². The fourth-order valence-corrected chi connectivity index (χ4v) is 1.81. The number of ether oxygens (including phenoxy) is 1. The van der Waals surface area contributed by atoms with Crippen molar-refractivity contribution >= 4 is 0 Å². The third-order valence-corrected chi connectivity index (χ3v) is 2.69. The molecular weight excluding hydrogens is 269 g/mol. The fraction of sp³-hybridized carbons (Fsp3) is 0.429. The van der Waals surface area contributed by atoms with Gasteiger partial charge in [-0.05, 0) is 26.0 Å². The smallest absolute Gasteiger partial charge is 0.405 e. The normalized spacial score (nSPS) is 13.7. The molecule has 0 aliphatic heterocycles. The molecule has 0 aliphatic rings. The minimum absolute atomic E-state index is 0.189. The number of allylic oxidation sites excluding steroid dienone is 1. The first-order valence-electron chi connectivity index (χ1n) is 6.37. The van der Waals surface area contributed by atoms with Crippen molar-refractivity contribution in [2.45, 2.75) is 25.7 Å². The van der Waals surface area contributed by atoms with Crippen molar-refractivity contribution in [3.8, 4) is 5.75 Å². The van der Waals surface area contributed by atoms with Gasteiger partial charge in [0.1, 0.15) is 5.75 Å². The van der Waals surface area contributed by atoms with E-state index in [2.05, 4.69) is 10.1 Å². The molecule has 1 aromatic rings. The number of nitrogens with one attached hydrogen (secondary N) is 1. The molecule has 3 nitrogen and oxygen atoms in total. The summed E-state index contributed by atoms with van der Waals surface area (Å²) in [7, 11) is 0. The Bertz CT molecular complexity index is 433. The largest absolute Gasteiger partial charge is 0.573 e. The average Bonchev–Trinajstić information content (AvgIpc) is 2.38. The molecule has 6 heteroatoms. The Morgan fingerprint density at radius 2 is 2.05 bits per heavy atom. The molecular formula is C14H19F3N2O. The second-order valence-electron chi connectivity index (χ2n) is 4.19. The van der Waals surface area contributed by atoms with Crippen LogP contribution in [0.15, 0.2) is 36.4 Å². The van der Waals surface area contributed by atoms with Gasteiger partial charge in [0.25, 0.3) is 0 Å². The van der Waals surface area contributed by atoms with E-state index in [-0.39, 0.29) is 18.3 Å². The first-order chi connectivity index (χ1) is 9.48. The Kier molecular flexibility index (Phi) is 6.54. The summed E-state index contributed by atoms with van der Waals surface area (Å²) in [5, 5.41) is 3.12. The maximum atomic E-state index is 12.4. The first kappa shape index (κ1) is 16.5. The molecule has 1 rings (SSSR count). The maximum absolute atomic E-state index is 12.4. The topological polar surface area (TPSA) is 47.3 Å². The summed E-state index contributed by atoms with van der Waals surface area (Å²) in [6.45, 7) is 2.73. The van der Waals surface area contributed by atoms with Crippen LogP contribution >= 0.6 is 0 Å². The van der Waals surface area contributed by atoms with Gasteiger partial charge in [-0.15, -0.1) is 13.2 Å². The summed E-state index contributed by atoms with van der Waals surface area (Å²) < 4.78 is 41.1. The zero-order valence-corrected chi connectivity index (χ0v) is 11.3. The summed E-state index contributed by atoms with van der Waals surface area (Å²) in [5.74, 6) is -0.214. The Labute approximate surface area is 116 Å². The lowest BCUT2D eigenvalue weighted by Crippen LogP contribution is -2.30. The average molecular weight is 288 g/mol. The van der Waals surface area contributed by atoms with Gasteiger partial charge in [-0.1, -0.05) is 30.4 Å². The van der Waals surface area contributed by atoms with Crippen LogP contribution < -0.4 is 15.8 Å². The lowest BCUT2D eigenvalue weighted by Gasteiger charge is -2.20. The molecule has 1 aromatic carbocycles. The third kappa shape index (κ3) is 5.63. The van der Waals surface area contributed by atoms with Crippen LogP contribution in [-0.2, 0) is 0 Å². The number of hydrogen-bond acceptors (Lipinski definition) is 3. The molecule has 0 amide bonds. The molecule has 0 saturated heterocycles. The van der Waals surface area contributed by atoms with Crippen LogP contribution in [0.1, 0.15) is 24.9 Å². The van der Waals surface area contributed by atoms with Crippen LogP contribution in [0.2, 0.25) is 0 Å². The Morgan fingerprint density at radius 1 is 1.35 bits per heavy atom. The SMILES string of the molecule is C/C=C/CCNC(CN)c1ccccc1OC(F)(F)F. The third-order valence-electron chi connectivity index (χ3n) is 2.69. The van der Waals surface area contributed by atoms with Crippen LogP contribution in [0, 0.1) is 0 Å². The Hall–Kier alpha value is -1.53. The van der Waals surface area contributed by atoms with Crippen molar-refractivity contribution in [1.29, 1.82) is 0 Å². The van der Waals surface area contributed by atoms with Crippen molar-refractivity contribution in [3.05, 3.63) is 42.0 Å². The van der Waals surface area contributed by atoms with Gasteiger partial charge in [0.15, 0.2) is 0 Å². The molecule has 0 radical (unpaired) electrons. The highest BCUT2D eigenvalue weighted by atomic mass is 19.4. The molecule has 20 heavy (non-hydrogen) atoms. The van der Waals surface area contributed by atoms with E-state index in [0.717, 1.165) is 6.42 Å². The molecule has 112 valence electrons. The summed E-state index contributed by atoms with van der Waals surface area (Å²) >= 11 is 0. The second-order valence-corrected chi connectivity index (χ2v) is 4.19. The van der Waals surface area contributed by atoms with Gasteiger partial charge in [0.05, 0.1) is 0 Å². The molecule has 0 bridgehead atoms. The van der Waals surface area contributed by atoms with E-state index in [1.54, 1.807) is 12.1 Å². The van der Waals surface area contributed by atoms with Gasteiger partial charge < -0.3 is 15.8 Å². The van der Waals surface area contributed by atoms with E-state index in [0.29, 0.717) is 12.1 Å². The standard InChI is InChI=1S/C14H19F3N2O/c1-2-3-6-9-19-12(10-18)11-7-4-5-8-13(11)20-14(15,16)17/h2-5,7-8,12,19H,6,9-10,18H2,1H3/b3-2+. The number of alkyl halides is 3. The second kappa shape index (κ2) is 7.91. The summed E-state index contributed by atoms with van der Waals surface area (Å²) in [4.78, 5) is 0. The highest BCUT2D eigenvalue weighted by Gasteiger charge is 2.32. The number of halogens is 3. The highest BCUT2D eigenvalue weighted by molar-refractivity contribution is 5.36. The molecule has 3 N–H and O–H groups in total. The van der Waals surface area contributed by atoms with Crippen LogP contribution in [0.25, 0.3) is 0 Å². The zero-order chi connectivity index (χ0) is 15.0. The van der Waals surface area contributed by atoms with Gasteiger partial charge in [0, 0.05) is 18.2 Å². The Balaban J connectivity index is 2.80. The van der Waals surface area contributed by atoms with E-state index in [4.69, 9.17) is 5.73 Å². The zero-order valence-electron chi connectivity index (χ0n) is 11.3. The summed E-state index contributed by atoms with van der Waals surface area (Å²) in [5.41, 5.74) is 6.04. The predicted octanol–water partition coefficient (Wildman–Crippen LogP) is 3.14. The number of hydrogen-bond donors (Lipinski definition) is 2. The van der Waals surface area contributed by atoms with Gasteiger partial charge >= 0.3 is 6.36 Å². The minimum Gasteiger partial charge on any atom is -0.405 e. The molecule has 0 spiro atoms. The molecule has 1 atom stereocenters. The maximum Gasteiger partial charge on any atom is 0.573 e. The van der Waals surface area contributed by atoms with E-state index >= 15 is 0 Å². The minimum atomic E-state index is -4.71. The Morgan fingerprint density at radius 3 is 2.65 bits per heavy atom. The highest BCUT2D eigenvalue weighted by Crippen LogP contribution is 2.29. The summed E-state index contributed by atoms with van der Waals surface area (Å²) in [6, 6.07) is 5.66. The molecule has 0 aliphatic carbocycles. The van der Waals surface area contributed by atoms with E-state index in [1.807, 2.05) is 19.1 Å². The predicted molar refractivity (Wildman–Crippen MR) is 72.4 cm³/mol. The lowest BCUT2D eigenvalue weighted by atomic mass is 10.1. The number of para-hydroxylation sites is 1. The molecule has 1 unspecified atom stereocenters. The van der Waals surface area contributed by atoms with Crippen molar-refractivity contribution in [1.82, 2.24) is 5.32 Å². The molecule has 0 fully saturated rings. The number of nitrogens with two attached hydrogens (primary N) is 1. The van der Waals surface area contributed by atoms with Crippen LogP contribution in [-0.4, -0.2) is 19.5 Å². The van der Waals surface area contributed by atoms with Crippen molar-refractivity contribution in [2.24, 2.45) is 5.73 Å². The monoisotopic (exact) mass is 288 g/mol. The van der Waals surface area contributed by atoms with Gasteiger partial charge in [0.2, 0.25) is 0 Å². The van der Waals surface area contributed by atoms with Crippen LogP contribution in [0.5, 0.6) is 5.75 Å². The lowest BCUT2D eigenvalue weighted by molar-refractivity contribution is -0.275. The number of benzene rings is 1. The molecule has 0 heterocycles. The van der Waals surface area contributed by atoms with Gasteiger partial charge in [-0.2, -0.15) is 0 Å². The fourth-order valence-electron chi connectivity index (χ4n) is 1.81. The van der Waals surface area contributed by atoms with Crippen molar-refractivity contribution in [2.75, 3.05) is 13.1 Å². The van der Waals surface area contributed by atoms with Crippen molar-refractivity contribution in [3.63, 3.8) is 0 Å². The molecule has 0 saturated carbocycles. The molecule has 0 aromatic heterocycles. The van der Waals surface area contributed by atoms with E-state index in [1.165, 1.54) is 12.1 Å².